The number of anilines is 3. The Morgan fingerprint density at radius 2 is 2.10 bits per heavy atom. The lowest BCUT2D eigenvalue weighted by molar-refractivity contribution is -0.116. The van der Waals surface area contributed by atoms with E-state index in [-0.39, 0.29) is 18.2 Å². The molecule has 6 nitrogen and oxygen atoms in total. The van der Waals surface area contributed by atoms with Crippen molar-refractivity contribution in [2.45, 2.75) is 20.3 Å². The average molecular weight is 304 g/mol. The molecule has 0 saturated heterocycles. The maximum atomic E-state index is 12.0. The Labute approximate surface area is 126 Å². The van der Waals surface area contributed by atoms with Crippen molar-refractivity contribution < 1.29 is 9.59 Å². The number of nitrogens with one attached hydrogen (secondary N) is 2. The van der Waals surface area contributed by atoms with Crippen LogP contribution in [-0.4, -0.2) is 16.8 Å². The van der Waals surface area contributed by atoms with Crippen LogP contribution in [0.3, 0.4) is 0 Å². The number of aryl methyl sites for hydroxylation is 1. The first kappa shape index (κ1) is 15.0. The van der Waals surface area contributed by atoms with Gasteiger partial charge in [0.25, 0.3) is 0 Å². The van der Waals surface area contributed by atoms with Crippen LogP contribution in [0, 0.1) is 6.92 Å². The fraction of sp³-hybridized carbons (Fsp3) is 0.214. The SMILES string of the molecule is CC(=O)Nc1ccc(C)c(NC(=O)Cc2csc(N)n2)c1. The fourth-order valence-corrected chi connectivity index (χ4v) is 2.36. The van der Waals surface area contributed by atoms with Crippen molar-refractivity contribution in [2.24, 2.45) is 0 Å². The highest BCUT2D eigenvalue weighted by Crippen LogP contribution is 2.21. The van der Waals surface area contributed by atoms with E-state index in [1.807, 2.05) is 13.0 Å². The van der Waals surface area contributed by atoms with Gasteiger partial charge in [-0.15, -0.1) is 11.3 Å². The van der Waals surface area contributed by atoms with Crippen LogP contribution in [0.4, 0.5) is 16.5 Å². The molecule has 1 aromatic carbocycles. The van der Waals surface area contributed by atoms with Gasteiger partial charge in [0.15, 0.2) is 5.13 Å². The predicted molar refractivity (Wildman–Crippen MR) is 84.3 cm³/mol. The van der Waals surface area contributed by atoms with E-state index in [2.05, 4.69) is 15.6 Å². The molecule has 7 heteroatoms. The highest BCUT2D eigenvalue weighted by Gasteiger charge is 2.09. The van der Waals surface area contributed by atoms with E-state index in [1.54, 1.807) is 17.5 Å². The van der Waals surface area contributed by atoms with Crippen molar-refractivity contribution in [1.82, 2.24) is 4.98 Å². The molecule has 2 amide bonds. The van der Waals surface area contributed by atoms with Crippen molar-refractivity contribution in [3.05, 3.63) is 34.8 Å². The van der Waals surface area contributed by atoms with Gasteiger partial charge in [-0.05, 0) is 24.6 Å². The van der Waals surface area contributed by atoms with Crippen molar-refractivity contribution in [3.63, 3.8) is 0 Å². The third kappa shape index (κ3) is 4.28. The van der Waals surface area contributed by atoms with Crippen molar-refractivity contribution in [3.8, 4) is 0 Å². The molecule has 4 N–H and O–H groups in total. The lowest BCUT2D eigenvalue weighted by Crippen LogP contribution is -2.16. The van der Waals surface area contributed by atoms with E-state index in [0.717, 1.165) is 5.56 Å². The summed E-state index contributed by atoms with van der Waals surface area (Å²) in [5.74, 6) is -0.336. The van der Waals surface area contributed by atoms with Crippen LogP contribution >= 0.6 is 11.3 Å². The van der Waals surface area contributed by atoms with Gasteiger partial charge in [0.1, 0.15) is 0 Å². The Bertz CT molecular complexity index is 681. The number of hydrogen-bond acceptors (Lipinski definition) is 5. The maximum Gasteiger partial charge on any atom is 0.230 e. The van der Waals surface area contributed by atoms with E-state index in [9.17, 15) is 9.59 Å². The number of carbonyl (C=O) groups excluding carboxylic acids is 2. The summed E-state index contributed by atoms with van der Waals surface area (Å²) in [6.07, 6.45) is 0.164. The standard InChI is InChI=1S/C14H16N4O2S/c1-8-3-4-10(16-9(2)19)5-12(8)18-13(20)6-11-7-21-14(15)17-11/h3-5,7H,6H2,1-2H3,(H2,15,17)(H,16,19)(H,18,20). The van der Waals surface area contributed by atoms with Gasteiger partial charge in [0.2, 0.25) is 11.8 Å². The second-order valence-electron chi connectivity index (χ2n) is 4.61. The van der Waals surface area contributed by atoms with Gasteiger partial charge < -0.3 is 16.4 Å². The molecule has 0 fully saturated rings. The number of amides is 2. The number of benzene rings is 1. The van der Waals surface area contributed by atoms with Crippen LogP contribution in [0.2, 0.25) is 0 Å². The maximum absolute atomic E-state index is 12.0. The molecule has 0 saturated carbocycles. The summed E-state index contributed by atoms with van der Waals surface area (Å²) < 4.78 is 0. The van der Waals surface area contributed by atoms with Crippen molar-refractivity contribution >= 4 is 39.7 Å². The molecule has 0 aliphatic heterocycles. The summed E-state index contributed by atoms with van der Waals surface area (Å²) in [5, 5.41) is 7.70. The molecule has 2 aromatic rings. The van der Waals surface area contributed by atoms with Crippen LogP contribution < -0.4 is 16.4 Å². The Balaban J connectivity index is 2.07. The summed E-state index contributed by atoms with van der Waals surface area (Å²) in [6, 6.07) is 5.35. The van der Waals surface area contributed by atoms with Crippen LogP contribution in [-0.2, 0) is 16.0 Å². The third-order valence-corrected chi connectivity index (χ3v) is 3.47. The zero-order chi connectivity index (χ0) is 15.4. The first-order chi connectivity index (χ1) is 9.94. The van der Waals surface area contributed by atoms with Crippen LogP contribution in [0.1, 0.15) is 18.2 Å². The largest absolute Gasteiger partial charge is 0.375 e. The van der Waals surface area contributed by atoms with E-state index < -0.39 is 0 Å². The number of thiazole rings is 1. The van der Waals surface area contributed by atoms with Gasteiger partial charge >= 0.3 is 0 Å². The van der Waals surface area contributed by atoms with Gasteiger partial charge in [0, 0.05) is 23.7 Å². The quantitative estimate of drug-likeness (QED) is 0.806. The summed E-state index contributed by atoms with van der Waals surface area (Å²) in [4.78, 5) is 27.1. The van der Waals surface area contributed by atoms with E-state index >= 15 is 0 Å². The average Bonchev–Trinajstić information content (AvgIpc) is 2.78. The number of carbonyl (C=O) groups is 2. The highest BCUT2D eigenvalue weighted by atomic mass is 32.1. The molecule has 0 aliphatic rings. The summed E-state index contributed by atoms with van der Waals surface area (Å²) >= 11 is 1.30. The number of nitrogens with two attached hydrogens (primary N) is 1. The molecule has 21 heavy (non-hydrogen) atoms. The topological polar surface area (TPSA) is 97.1 Å². The summed E-state index contributed by atoms with van der Waals surface area (Å²) in [5.41, 5.74) is 8.39. The Kier molecular flexibility index (Phi) is 4.54. The molecule has 0 spiro atoms. The van der Waals surface area contributed by atoms with Gasteiger partial charge in [-0.3, -0.25) is 9.59 Å². The molecule has 1 heterocycles. The molecule has 110 valence electrons. The minimum atomic E-state index is -0.177. The minimum Gasteiger partial charge on any atom is -0.375 e. The van der Waals surface area contributed by atoms with Crippen LogP contribution in [0.25, 0.3) is 0 Å². The molecule has 0 radical (unpaired) electrons. The molecular formula is C14H16N4O2S. The van der Waals surface area contributed by atoms with Crippen molar-refractivity contribution in [2.75, 3.05) is 16.4 Å². The molecule has 1 aromatic heterocycles. The predicted octanol–water partition coefficient (Wildman–Crippen LogP) is 2.17. The number of aromatic nitrogens is 1. The number of hydrogen-bond donors (Lipinski definition) is 3. The first-order valence-corrected chi connectivity index (χ1v) is 7.20. The van der Waals surface area contributed by atoms with E-state index in [1.165, 1.54) is 18.3 Å². The van der Waals surface area contributed by atoms with Gasteiger partial charge in [-0.25, -0.2) is 4.98 Å². The summed E-state index contributed by atoms with van der Waals surface area (Å²) in [7, 11) is 0. The molecule has 0 bridgehead atoms. The highest BCUT2D eigenvalue weighted by molar-refractivity contribution is 7.13. The molecule has 0 unspecified atom stereocenters. The Morgan fingerprint density at radius 3 is 2.71 bits per heavy atom. The monoisotopic (exact) mass is 304 g/mol. The second kappa shape index (κ2) is 6.36. The fourth-order valence-electron chi connectivity index (χ4n) is 1.80. The third-order valence-electron chi connectivity index (χ3n) is 2.74. The number of rotatable bonds is 4. The normalized spacial score (nSPS) is 10.2. The Hall–Kier alpha value is -2.41. The first-order valence-electron chi connectivity index (χ1n) is 6.32. The van der Waals surface area contributed by atoms with E-state index in [4.69, 9.17) is 5.73 Å². The second-order valence-corrected chi connectivity index (χ2v) is 5.50. The number of nitrogen functional groups attached to an aromatic ring is 1. The smallest absolute Gasteiger partial charge is 0.230 e. The molecule has 0 atom stereocenters. The van der Waals surface area contributed by atoms with Gasteiger partial charge in [-0.1, -0.05) is 6.07 Å². The molecule has 2 rings (SSSR count). The van der Waals surface area contributed by atoms with E-state index in [0.29, 0.717) is 22.2 Å². The minimum absolute atomic E-state index is 0.158. The summed E-state index contributed by atoms with van der Waals surface area (Å²) in [6.45, 7) is 3.32. The number of nitrogens with zero attached hydrogens (tertiary/aromatic N) is 1. The Morgan fingerprint density at radius 1 is 1.33 bits per heavy atom. The van der Waals surface area contributed by atoms with Gasteiger partial charge in [0.05, 0.1) is 12.1 Å². The zero-order valence-electron chi connectivity index (χ0n) is 11.8. The van der Waals surface area contributed by atoms with Crippen molar-refractivity contribution in [1.29, 1.82) is 0 Å². The lowest BCUT2D eigenvalue weighted by atomic mass is 10.1. The lowest BCUT2D eigenvalue weighted by Gasteiger charge is -2.10. The van der Waals surface area contributed by atoms with Gasteiger partial charge in [-0.2, -0.15) is 0 Å². The molecular weight excluding hydrogens is 288 g/mol. The van der Waals surface area contributed by atoms with Crippen LogP contribution in [0.15, 0.2) is 23.6 Å². The zero-order valence-corrected chi connectivity index (χ0v) is 12.6. The molecule has 0 aliphatic carbocycles. The van der Waals surface area contributed by atoms with Crippen LogP contribution in [0.5, 0.6) is 0 Å².